The number of aromatic nitrogens is 3. The van der Waals surface area contributed by atoms with Gasteiger partial charge in [-0.05, 0) is 42.6 Å². The molecule has 0 bridgehead atoms. The van der Waals surface area contributed by atoms with Gasteiger partial charge in [0.25, 0.3) is 0 Å². The van der Waals surface area contributed by atoms with Gasteiger partial charge in [-0.3, -0.25) is 4.40 Å². The van der Waals surface area contributed by atoms with E-state index in [4.69, 9.17) is 10.5 Å². The molecule has 0 aromatic carbocycles. The van der Waals surface area contributed by atoms with Crippen LogP contribution in [-0.2, 0) is 4.74 Å². The highest BCUT2D eigenvalue weighted by Gasteiger charge is 2.32. The zero-order valence-corrected chi connectivity index (χ0v) is 12.6. The first-order chi connectivity index (χ1) is 8.98. The van der Waals surface area contributed by atoms with Crippen molar-refractivity contribution in [3.63, 3.8) is 0 Å². The van der Waals surface area contributed by atoms with E-state index in [9.17, 15) is 0 Å². The minimum Gasteiger partial charge on any atom is -0.382 e. The van der Waals surface area contributed by atoms with Gasteiger partial charge in [0.2, 0.25) is 0 Å². The SMILES string of the molecule is CC1(C)C[C@@H](c2nc(Br)c3c(N)nccn23)CCO1. The fourth-order valence-corrected chi connectivity index (χ4v) is 3.36. The van der Waals surface area contributed by atoms with Crippen molar-refractivity contribution in [2.24, 2.45) is 0 Å². The van der Waals surface area contributed by atoms with E-state index in [0.29, 0.717) is 11.7 Å². The van der Waals surface area contributed by atoms with E-state index < -0.39 is 0 Å². The van der Waals surface area contributed by atoms with Crippen LogP contribution in [0.3, 0.4) is 0 Å². The zero-order chi connectivity index (χ0) is 13.6. The van der Waals surface area contributed by atoms with Crippen molar-refractivity contribution in [3.05, 3.63) is 22.8 Å². The quantitative estimate of drug-likeness (QED) is 0.875. The number of hydrogen-bond donors (Lipinski definition) is 1. The molecule has 0 amide bonds. The molecule has 0 spiro atoms. The lowest BCUT2D eigenvalue weighted by Gasteiger charge is -2.34. The first-order valence-corrected chi connectivity index (χ1v) is 7.19. The number of hydrogen-bond acceptors (Lipinski definition) is 4. The normalized spacial score (nSPS) is 22.8. The molecule has 6 heteroatoms. The molecule has 5 nitrogen and oxygen atoms in total. The summed E-state index contributed by atoms with van der Waals surface area (Å²) in [6.45, 7) is 5.02. The summed E-state index contributed by atoms with van der Waals surface area (Å²) < 4.78 is 8.58. The molecule has 1 aliphatic rings. The average molecular weight is 325 g/mol. The Labute approximate surface area is 120 Å². The molecular formula is C13H17BrN4O. The van der Waals surface area contributed by atoms with Crippen molar-refractivity contribution < 1.29 is 4.74 Å². The molecule has 2 aromatic heterocycles. The molecule has 0 saturated carbocycles. The monoisotopic (exact) mass is 324 g/mol. The maximum Gasteiger partial charge on any atom is 0.150 e. The Balaban J connectivity index is 2.08. The molecule has 1 atom stereocenters. The highest BCUT2D eigenvalue weighted by atomic mass is 79.9. The molecule has 1 aliphatic heterocycles. The Morgan fingerprint density at radius 3 is 3.05 bits per heavy atom. The van der Waals surface area contributed by atoms with Crippen LogP contribution in [0, 0.1) is 0 Å². The molecule has 0 aliphatic carbocycles. The van der Waals surface area contributed by atoms with Gasteiger partial charge in [-0.2, -0.15) is 0 Å². The van der Waals surface area contributed by atoms with Crippen molar-refractivity contribution in [1.82, 2.24) is 14.4 Å². The van der Waals surface area contributed by atoms with Crippen LogP contribution in [0.4, 0.5) is 5.82 Å². The number of imidazole rings is 1. The van der Waals surface area contributed by atoms with Crippen LogP contribution in [0.25, 0.3) is 5.52 Å². The lowest BCUT2D eigenvalue weighted by molar-refractivity contribution is -0.0603. The third-order valence-corrected chi connectivity index (χ3v) is 4.18. The molecule has 3 rings (SSSR count). The van der Waals surface area contributed by atoms with Gasteiger partial charge in [0.15, 0.2) is 5.82 Å². The van der Waals surface area contributed by atoms with Gasteiger partial charge in [0, 0.05) is 24.9 Å². The predicted molar refractivity (Wildman–Crippen MR) is 77.1 cm³/mol. The predicted octanol–water partition coefficient (Wildman–Crippen LogP) is 2.75. The van der Waals surface area contributed by atoms with Gasteiger partial charge in [-0.1, -0.05) is 0 Å². The number of fused-ring (bicyclic) bond motifs is 1. The maximum atomic E-state index is 5.93. The molecule has 1 saturated heterocycles. The Bertz CT molecular complexity index is 622. The summed E-state index contributed by atoms with van der Waals surface area (Å²) in [5, 5.41) is 0. The summed E-state index contributed by atoms with van der Waals surface area (Å²) in [5.74, 6) is 1.91. The minimum absolute atomic E-state index is 0.0974. The second kappa shape index (κ2) is 4.45. The second-order valence-corrected chi connectivity index (χ2v) is 6.34. The van der Waals surface area contributed by atoms with E-state index in [1.807, 2.05) is 10.6 Å². The fourth-order valence-electron chi connectivity index (χ4n) is 2.78. The summed E-state index contributed by atoms with van der Waals surface area (Å²) in [5.41, 5.74) is 6.68. The average Bonchev–Trinajstić information content (AvgIpc) is 2.67. The Morgan fingerprint density at radius 2 is 2.32 bits per heavy atom. The first kappa shape index (κ1) is 12.9. The van der Waals surface area contributed by atoms with E-state index in [1.54, 1.807) is 6.20 Å². The Hall–Kier alpha value is -1.14. The van der Waals surface area contributed by atoms with Gasteiger partial charge >= 0.3 is 0 Å². The van der Waals surface area contributed by atoms with Crippen LogP contribution >= 0.6 is 15.9 Å². The van der Waals surface area contributed by atoms with Gasteiger partial charge in [-0.15, -0.1) is 0 Å². The van der Waals surface area contributed by atoms with Crippen molar-refractivity contribution in [1.29, 1.82) is 0 Å². The molecule has 0 radical (unpaired) electrons. The Kier molecular flexibility index (Phi) is 3.02. The minimum atomic E-state index is -0.0974. The van der Waals surface area contributed by atoms with E-state index >= 15 is 0 Å². The maximum absolute atomic E-state index is 5.93. The molecule has 2 aromatic rings. The molecule has 102 valence electrons. The van der Waals surface area contributed by atoms with Crippen molar-refractivity contribution in [3.8, 4) is 0 Å². The van der Waals surface area contributed by atoms with Crippen molar-refractivity contribution in [2.45, 2.75) is 38.2 Å². The number of ether oxygens (including phenoxy) is 1. The fraction of sp³-hybridized carbons (Fsp3) is 0.538. The summed E-state index contributed by atoms with van der Waals surface area (Å²) >= 11 is 3.48. The molecular weight excluding hydrogens is 308 g/mol. The summed E-state index contributed by atoms with van der Waals surface area (Å²) in [6, 6.07) is 0. The van der Waals surface area contributed by atoms with Crippen LogP contribution < -0.4 is 5.73 Å². The molecule has 3 heterocycles. The van der Waals surface area contributed by atoms with E-state index in [2.05, 4.69) is 39.7 Å². The topological polar surface area (TPSA) is 65.4 Å². The van der Waals surface area contributed by atoms with E-state index in [1.165, 1.54) is 0 Å². The first-order valence-electron chi connectivity index (χ1n) is 6.40. The van der Waals surface area contributed by atoms with Crippen LogP contribution in [-0.4, -0.2) is 26.6 Å². The highest BCUT2D eigenvalue weighted by Crippen LogP contribution is 2.37. The molecule has 2 N–H and O–H groups in total. The van der Waals surface area contributed by atoms with Gasteiger partial charge in [0.05, 0.1) is 5.60 Å². The molecule has 1 fully saturated rings. The summed E-state index contributed by atoms with van der Waals surface area (Å²) in [4.78, 5) is 8.76. The molecule has 0 unspecified atom stereocenters. The second-order valence-electron chi connectivity index (χ2n) is 5.59. The number of nitrogen functional groups attached to an aromatic ring is 1. The van der Waals surface area contributed by atoms with E-state index in [0.717, 1.165) is 35.4 Å². The highest BCUT2D eigenvalue weighted by molar-refractivity contribution is 9.10. The number of rotatable bonds is 1. The van der Waals surface area contributed by atoms with Gasteiger partial charge in [-0.25, -0.2) is 9.97 Å². The van der Waals surface area contributed by atoms with E-state index in [-0.39, 0.29) is 5.60 Å². The zero-order valence-electron chi connectivity index (χ0n) is 11.1. The summed E-state index contributed by atoms with van der Waals surface area (Å²) in [6.07, 6.45) is 5.57. The van der Waals surface area contributed by atoms with Crippen LogP contribution in [0.5, 0.6) is 0 Å². The van der Waals surface area contributed by atoms with Crippen molar-refractivity contribution in [2.75, 3.05) is 12.3 Å². The van der Waals surface area contributed by atoms with Crippen LogP contribution in [0.1, 0.15) is 38.4 Å². The number of anilines is 1. The largest absolute Gasteiger partial charge is 0.382 e. The smallest absolute Gasteiger partial charge is 0.150 e. The number of halogens is 1. The van der Waals surface area contributed by atoms with Crippen LogP contribution in [0.15, 0.2) is 17.0 Å². The van der Waals surface area contributed by atoms with Crippen LogP contribution in [0.2, 0.25) is 0 Å². The standard InChI is InChI=1S/C13H17BrN4O/c1-13(2)7-8(3-6-19-13)12-17-10(14)9-11(15)16-4-5-18(9)12/h4-5,8H,3,6-7H2,1-2H3,(H2,15,16)/t8-/m0/s1. The lowest BCUT2D eigenvalue weighted by atomic mass is 9.88. The third-order valence-electron chi connectivity index (χ3n) is 3.63. The molecule has 19 heavy (non-hydrogen) atoms. The van der Waals surface area contributed by atoms with Gasteiger partial charge < -0.3 is 10.5 Å². The van der Waals surface area contributed by atoms with Crippen molar-refractivity contribution >= 4 is 27.3 Å². The third kappa shape index (κ3) is 2.23. The van der Waals surface area contributed by atoms with Gasteiger partial charge in [0.1, 0.15) is 15.9 Å². The number of nitrogens with two attached hydrogens (primary N) is 1. The Morgan fingerprint density at radius 1 is 1.53 bits per heavy atom. The summed E-state index contributed by atoms with van der Waals surface area (Å²) in [7, 11) is 0. The number of nitrogens with zero attached hydrogens (tertiary/aromatic N) is 3. The lowest BCUT2D eigenvalue weighted by Crippen LogP contribution is -2.33.